The lowest BCUT2D eigenvalue weighted by Gasteiger charge is -2.13. The molecule has 0 atom stereocenters. The SMILES string of the molecule is Cc1cc([N+](=O)[O-])cc(S(=O)(=O)Nc2ccc(F)c(-c3nnc4n3CCCCC4)c2)c1C. The van der Waals surface area contributed by atoms with Crippen LogP contribution in [0.2, 0.25) is 0 Å². The number of aromatic nitrogens is 3. The summed E-state index contributed by atoms with van der Waals surface area (Å²) in [4.78, 5) is 10.3. The average Bonchev–Trinajstić information content (AvgIpc) is 2.98. The Hall–Kier alpha value is -3.34. The molecule has 1 aliphatic heterocycles. The van der Waals surface area contributed by atoms with Crippen molar-refractivity contribution in [3.05, 3.63) is 63.2 Å². The number of aryl methyl sites for hydroxylation is 2. The lowest BCUT2D eigenvalue weighted by atomic mass is 10.1. The van der Waals surface area contributed by atoms with Crippen LogP contribution in [0, 0.1) is 29.8 Å². The first-order chi connectivity index (χ1) is 15.2. The Balaban J connectivity index is 1.73. The van der Waals surface area contributed by atoms with Crippen molar-refractivity contribution in [3.63, 3.8) is 0 Å². The number of hydrogen-bond donors (Lipinski definition) is 1. The van der Waals surface area contributed by atoms with Crippen LogP contribution in [-0.2, 0) is 23.0 Å². The van der Waals surface area contributed by atoms with E-state index < -0.39 is 20.8 Å². The maximum Gasteiger partial charge on any atom is 0.271 e. The van der Waals surface area contributed by atoms with Crippen LogP contribution in [0.4, 0.5) is 15.8 Å². The molecule has 0 saturated carbocycles. The molecule has 2 aromatic carbocycles. The molecule has 11 heteroatoms. The summed E-state index contributed by atoms with van der Waals surface area (Å²) in [6.45, 7) is 3.85. The Kier molecular flexibility index (Phi) is 5.68. The smallest absolute Gasteiger partial charge is 0.271 e. The molecular weight excluding hydrogens is 437 g/mol. The first-order valence-corrected chi connectivity index (χ1v) is 11.7. The highest BCUT2D eigenvalue weighted by molar-refractivity contribution is 7.92. The highest BCUT2D eigenvalue weighted by atomic mass is 32.2. The van der Waals surface area contributed by atoms with Crippen molar-refractivity contribution in [2.75, 3.05) is 4.72 Å². The molecule has 32 heavy (non-hydrogen) atoms. The molecule has 0 aliphatic carbocycles. The van der Waals surface area contributed by atoms with E-state index >= 15 is 0 Å². The third kappa shape index (κ3) is 4.07. The fourth-order valence-electron chi connectivity index (χ4n) is 3.85. The van der Waals surface area contributed by atoms with Crippen molar-refractivity contribution in [2.45, 2.75) is 51.0 Å². The van der Waals surface area contributed by atoms with Crippen LogP contribution < -0.4 is 4.72 Å². The quantitative estimate of drug-likeness (QED) is 0.452. The highest BCUT2D eigenvalue weighted by Crippen LogP contribution is 2.30. The Morgan fingerprint density at radius 2 is 1.91 bits per heavy atom. The zero-order chi connectivity index (χ0) is 23.0. The summed E-state index contributed by atoms with van der Waals surface area (Å²) in [5, 5.41) is 19.5. The highest BCUT2D eigenvalue weighted by Gasteiger charge is 2.24. The van der Waals surface area contributed by atoms with E-state index in [2.05, 4.69) is 14.9 Å². The van der Waals surface area contributed by atoms with E-state index in [1.165, 1.54) is 18.2 Å². The third-order valence-corrected chi connectivity index (χ3v) is 7.18. The fraction of sp³-hybridized carbons (Fsp3) is 0.333. The van der Waals surface area contributed by atoms with E-state index in [-0.39, 0.29) is 21.8 Å². The van der Waals surface area contributed by atoms with Gasteiger partial charge in [-0.15, -0.1) is 10.2 Å². The summed E-state index contributed by atoms with van der Waals surface area (Å²) < 4.78 is 45.1. The first kappa shape index (κ1) is 21.9. The second-order valence-electron chi connectivity index (χ2n) is 7.85. The molecule has 1 N–H and O–H groups in total. The zero-order valence-electron chi connectivity index (χ0n) is 17.6. The van der Waals surface area contributed by atoms with E-state index in [0.717, 1.165) is 43.6 Å². The third-order valence-electron chi connectivity index (χ3n) is 5.67. The average molecular weight is 460 g/mol. The summed E-state index contributed by atoms with van der Waals surface area (Å²) in [7, 11) is -4.16. The minimum Gasteiger partial charge on any atom is -0.311 e. The molecule has 0 fully saturated rings. The molecule has 168 valence electrons. The number of nitrogens with one attached hydrogen (secondary N) is 1. The number of rotatable bonds is 5. The van der Waals surface area contributed by atoms with Gasteiger partial charge in [0.05, 0.1) is 15.4 Å². The van der Waals surface area contributed by atoms with Crippen molar-refractivity contribution >= 4 is 21.4 Å². The summed E-state index contributed by atoms with van der Waals surface area (Å²) >= 11 is 0. The molecule has 0 bridgehead atoms. The van der Waals surface area contributed by atoms with Gasteiger partial charge in [0.15, 0.2) is 5.82 Å². The van der Waals surface area contributed by atoms with Crippen molar-refractivity contribution in [3.8, 4) is 11.4 Å². The molecule has 9 nitrogen and oxygen atoms in total. The Morgan fingerprint density at radius 3 is 2.66 bits per heavy atom. The molecule has 0 spiro atoms. The molecule has 1 aliphatic rings. The van der Waals surface area contributed by atoms with Crippen LogP contribution in [0.3, 0.4) is 0 Å². The van der Waals surface area contributed by atoms with E-state index in [4.69, 9.17) is 0 Å². The van der Waals surface area contributed by atoms with Crippen LogP contribution in [0.15, 0.2) is 35.2 Å². The maximum atomic E-state index is 14.7. The number of halogens is 1. The lowest BCUT2D eigenvalue weighted by molar-refractivity contribution is -0.385. The van der Waals surface area contributed by atoms with Gasteiger partial charge in [-0.05, 0) is 56.0 Å². The number of fused-ring (bicyclic) bond motifs is 1. The maximum absolute atomic E-state index is 14.7. The molecule has 2 heterocycles. The molecule has 3 aromatic rings. The van der Waals surface area contributed by atoms with Crippen LogP contribution >= 0.6 is 0 Å². The minimum atomic E-state index is -4.16. The number of nitro benzene ring substituents is 1. The normalized spacial score (nSPS) is 14.0. The van der Waals surface area contributed by atoms with Crippen molar-refractivity contribution in [1.29, 1.82) is 0 Å². The van der Waals surface area contributed by atoms with Gasteiger partial charge >= 0.3 is 0 Å². The largest absolute Gasteiger partial charge is 0.311 e. The van der Waals surface area contributed by atoms with Gasteiger partial charge in [-0.1, -0.05) is 6.42 Å². The molecule has 1 aromatic heterocycles. The van der Waals surface area contributed by atoms with Crippen LogP contribution in [0.1, 0.15) is 36.2 Å². The number of non-ortho nitro benzene ring substituents is 1. The molecule has 4 rings (SSSR count). The van der Waals surface area contributed by atoms with E-state index in [0.29, 0.717) is 23.5 Å². The summed E-state index contributed by atoms with van der Waals surface area (Å²) in [5.74, 6) is 0.586. The molecular formula is C21H22FN5O4S. The molecule has 0 saturated heterocycles. The first-order valence-electron chi connectivity index (χ1n) is 10.2. The number of anilines is 1. The van der Waals surface area contributed by atoms with Gasteiger partial charge in [-0.25, -0.2) is 12.8 Å². The number of hydrogen-bond acceptors (Lipinski definition) is 6. The van der Waals surface area contributed by atoms with Crippen LogP contribution in [-0.4, -0.2) is 28.1 Å². The fourth-order valence-corrected chi connectivity index (χ4v) is 5.23. The monoisotopic (exact) mass is 459 g/mol. The molecule has 0 unspecified atom stereocenters. The van der Waals surface area contributed by atoms with Crippen LogP contribution in [0.25, 0.3) is 11.4 Å². The van der Waals surface area contributed by atoms with Gasteiger partial charge in [0, 0.05) is 30.8 Å². The molecule has 0 radical (unpaired) electrons. The summed E-state index contributed by atoms with van der Waals surface area (Å²) in [6.07, 6.45) is 3.72. The molecule has 0 amide bonds. The van der Waals surface area contributed by atoms with Crippen LogP contribution in [0.5, 0.6) is 0 Å². The Labute approximate surface area is 184 Å². The summed E-state index contributed by atoms with van der Waals surface area (Å²) in [5.41, 5.74) is 0.812. The van der Waals surface area contributed by atoms with Crippen molar-refractivity contribution in [1.82, 2.24) is 14.8 Å². The van der Waals surface area contributed by atoms with Gasteiger partial charge in [0.2, 0.25) is 0 Å². The number of sulfonamides is 1. The van der Waals surface area contributed by atoms with Gasteiger partial charge in [-0.2, -0.15) is 0 Å². The number of benzene rings is 2. The lowest BCUT2D eigenvalue weighted by Crippen LogP contribution is -2.15. The van der Waals surface area contributed by atoms with Gasteiger partial charge in [-0.3, -0.25) is 14.8 Å². The van der Waals surface area contributed by atoms with Gasteiger partial charge < -0.3 is 4.57 Å². The van der Waals surface area contributed by atoms with Crippen molar-refractivity contribution in [2.24, 2.45) is 0 Å². The standard InChI is InChI=1S/C21H22FN5O4S/c1-13-10-16(27(28)29)12-19(14(13)2)32(30,31)25-15-7-8-18(22)17(11-15)21-24-23-20-6-4-3-5-9-26(20)21/h7-8,10-12,25H,3-6,9H2,1-2H3. The Morgan fingerprint density at radius 1 is 1.12 bits per heavy atom. The van der Waals surface area contributed by atoms with Gasteiger partial charge in [0.25, 0.3) is 15.7 Å². The minimum absolute atomic E-state index is 0.121. The predicted octanol–water partition coefficient (Wildman–Crippen LogP) is 4.14. The van der Waals surface area contributed by atoms with Gasteiger partial charge in [0.1, 0.15) is 11.6 Å². The summed E-state index contributed by atoms with van der Waals surface area (Å²) in [6, 6.07) is 6.18. The van der Waals surface area contributed by atoms with E-state index in [1.54, 1.807) is 13.8 Å². The topological polar surface area (TPSA) is 120 Å². The second kappa shape index (κ2) is 8.30. The Bertz CT molecular complexity index is 1320. The second-order valence-corrected chi connectivity index (χ2v) is 9.50. The van der Waals surface area contributed by atoms with E-state index in [9.17, 15) is 22.9 Å². The van der Waals surface area contributed by atoms with E-state index in [1.807, 2.05) is 4.57 Å². The van der Waals surface area contributed by atoms with Crippen molar-refractivity contribution < 1.29 is 17.7 Å². The number of nitrogens with zero attached hydrogens (tertiary/aromatic N) is 4. The predicted molar refractivity (Wildman–Crippen MR) is 116 cm³/mol. The zero-order valence-corrected chi connectivity index (χ0v) is 18.4. The number of nitro groups is 1.